The molecule has 0 saturated heterocycles. The maximum Gasteiger partial charge on any atom is 0.244 e. The summed E-state index contributed by atoms with van der Waals surface area (Å²) < 4.78 is 30.3. The monoisotopic (exact) mass is 385 g/mol. The quantitative estimate of drug-likeness (QED) is 0.750. The first-order valence-electron chi connectivity index (χ1n) is 8.67. The van der Waals surface area contributed by atoms with E-state index in [2.05, 4.69) is 10.4 Å². The molecule has 0 bridgehead atoms. The lowest BCUT2D eigenvalue weighted by atomic mass is 10.2. The lowest BCUT2D eigenvalue weighted by molar-refractivity contribution is -0.122. The molecule has 2 aromatic heterocycles. The Labute approximate surface area is 159 Å². The highest BCUT2D eigenvalue weighted by molar-refractivity contribution is 6.03. The average Bonchev–Trinajstić information content (AvgIpc) is 3.26. The molecule has 3 aromatic rings. The molecule has 0 radical (unpaired) electrons. The molecule has 4 rings (SSSR count). The number of aromatic nitrogens is 3. The molecule has 0 spiro atoms. The Balaban J connectivity index is 1.57. The normalized spacial score (nSPS) is 13.5. The van der Waals surface area contributed by atoms with Crippen LogP contribution in [0.25, 0.3) is 11.4 Å². The maximum absolute atomic E-state index is 13.8. The van der Waals surface area contributed by atoms with E-state index in [1.165, 1.54) is 4.90 Å². The topological polar surface area (TPSA) is 72.2 Å². The lowest BCUT2D eigenvalue weighted by Gasteiger charge is -2.26. The highest BCUT2D eigenvalue weighted by Gasteiger charge is 2.28. The second-order valence-electron chi connectivity index (χ2n) is 6.52. The summed E-state index contributed by atoms with van der Waals surface area (Å²) in [5.74, 6) is -1.93. The van der Waals surface area contributed by atoms with Gasteiger partial charge in [0.15, 0.2) is 0 Å². The fraction of sp³-hybridized carbons (Fsp3) is 0.211. The third-order valence-electron chi connectivity index (χ3n) is 4.59. The van der Waals surface area contributed by atoms with Crippen LogP contribution >= 0.6 is 0 Å². The number of nitrogens with one attached hydrogen (secondary N) is 1. The summed E-state index contributed by atoms with van der Waals surface area (Å²) in [4.78, 5) is 26.1. The van der Waals surface area contributed by atoms with Crippen LogP contribution in [0.1, 0.15) is 6.42 Å². The molecule has 2 amide bonds. The molecule has 0 saturated carbocycles. The van der Waals surface area contributed by atoms with Crippen molar-refractivity contribution < 1.29 is 18.4 Å². The third kappa shape index (κ3) is 3.26. The predicted octanol–water partition coefficient (Wildman–Crippen LogP) is 2.54. The van der Waals surface area contributed by atoms with Crippen molar-refractivity contribution in [3.63, 3.8) is 0 Å². The molecule has 7 nitrogen and oxygen atoms in total. The van der Waals surface area contributed by atoms with Crippen molar-refractivity contribution in [3.05, 3.63) is 54.2 Å². The molecule has 1 aliphatic rings. The Morgan fingerprint density at radius 2 is 2.07 bits per heavy atom. The number of benzene rings is 1. The maximum atomic E-state index is 13.8. The molecule has 0 aliphatic carbocycles. The first-order valence-corrected chi connectivity index (χ1v) is 8.67. The van der Waals surface area contributed by atoms with Crippen LogP contribution in [0.3, 0.4) is 0 Å². The van der Waals surface area contributed by atoms with Gasteiger partial charge in [0, 0.05) is 31.8 Å². The van der Waals surface area contributed by atoms with E-state index in [-0.39, 0.29) is 24.6 Å². The number of anilines is 2. The SMILES string of the molecule is Cn1cccc1-c1cc2n(n1)CCC(=O)N2CC(=O)Nc1ccc(F)cc1F. The molecule has 1 aromatic carbocycles. The van der Waals surface area contributed by atoms with E-state index in [0.29, 0.717) is 24.1 Å². The van der Waals surface area contributed by atoms with Gasteiger partial charge in [0.2, 0.25) is 11.8 Å². The van der Waals surface area contributed by atoms with Crippen molar-refractivity contribution >= 4 is 23.3 Å². The Morgan fingerprint density at radius 3 is 2.79 bits per heavy atom. The molecule has 1 aliphatic heterocycles. The van der Waals surface area contributed by atoms with E-state index >= 15 is 0 Å². The van der Waals surface area contributed by atoms with Crippen molar-refractivity contribution in [2.45, 2.75) is 13.0 Å². The molecule has 28 heavy (non-hydrogen) atoms. The van der Waals surface area contributed by atoms with Gasteiger partial charge in [0.25, 0.3) is 0 Å². The third-order valence-corrected chi connectivity index (χ3v) is 4.59. The summed E-state index contributed by atoms with van der Waals surface area (Å²) >= 11 is 0. The van der Waals surface area contributed by atoms with Crippen LogP contribution < -0.4 is 10.2 Å². The number of carbonyl (C=O) groups is 2. The fourth-order valence-electron chi connectivity index (χ4n) is 3.20. The predicted molar refractivity (Wildman–Crippen MR) is 98.6 cm³/mol. The minimum absolute atomic E-state index is 0.145. The van der Waals surface area contributed by atoms with Crippen molar-refractivity contribution in [1.29, 1.82) is 0 Å². The van der Waals surface area contributed by atoms with Gasteiger partial charge in [-0.2, -0.15) is 5.10 Å². The van der Waals surface area contributed by atoms with Crippen LogP contribution in [0.15, 0.2) is 42.6 Å². The number of amides is 2. The number of halogens is 2. The lowest BCUT2D eigenvalue weighted by Crippen LogP contribution is -2.42. The van der Waals surface area contributed by atoms with Gasteiger partial charge in [0.05, 0.1) is 17.9 Å². The summed E-state index contributed by atoms with van der Waals surface area (Å²) in [5.41, 5.74) is 1.42. The largest absolute Gasteiger partial charge is 0.349 e. The first kappa shape index (κ1) is 17.9. The smallest absolute Gasteiger partial charge is 0.244 e. The molecular formula is C19H17F2N5O2. The van der Waals surface area contributed by atoms with E-state index in [0.717, 1.165) is 17.8 Å². The molecule has 3 heterocycles. The molecular weight excluding hydrogens is 368 g/mol. The number of rotatable bonds is 4. The van der Waals surface area contributed by atoms with Crippen LogP contribution in [-0.4, -0.2) is 32.7 Å². The molecule has 0 unspecified atom stereocenters. The summed E-state index contributed by atoms with van der Waals surface area (Å²) in [6.07, 6.45) is 2.10. The average molecular weight is 385 g/mol. The zero-order valence-corrected chi connectivity index (χ0v) is 15.0. The highest BCUT2D eigenvalue weighted by Crippen LogP contribution is 2.28. The number of carbonyl (C=O) groups excluding carboxylic acids is 2. The van der Waals surface area contributed by atoms with Gasteiger partial charge in [0.1, 0.15) is 29.7 Å². The van der Waals surface area contributed by atoms with E-state index in [4.69, 9.17) is 0 Å². The summed E-state index contributed by atoms with van der Waals surface area (Å²) in [6.45, 7) is 0.122. The molecule has 9 heteroatoms. The zero-order valence-electron chi connectivity index (χ0n) is 15.0. The second kappa shape index (κ2) is 6.91. The van der Waals surface area contributed by atoms with Crippen LogP contribution in [-0.2, 0) is 23.2 Å². The van der Waals surface area contributed by atoms with Crippen LogP contribution in [0.5, 0.6) is 0 Å². The number of hydrogen-bond donors (Lipinski definition) is 1. The number of hydrogen-bond acceptors (Lipinski definition) is 3. The number of nitrogens with zero attached hydrogens (tertiary/aromatic N) is 4. The van der Waals surface area contributed by atoms with Crippen LogP contribution in [0.4, 0.5) is 20.3 Å². The summed E-state index contributed by atoms with van der Waals surface area (Å²) in [7, 11) is 1.89. The van der Waals surface area contributed by atoms with Crippen molar-refractivity contribution in [2.24, 2.45) is 7.05 Å². The number of fused-ring (bicyclic) bond motifs is 1. The highest BCUT2D eigenvalue weighted by atomic mass is 19.1. The van der Waals surface area contributed by atoms with Gasteiger partial charge >= 0.3 is 0 Å². The Hall–Kier alpha value is -3.49. The van der Waals surface area contributed by atoms with Gasteiger partial charge in [-0.1, -0.05) is 0 Å². The van der Waals surface area contributed by atoms with Crippen LogP contribution in [0, 0.1) is 11.6 Å². The van der Waals surface area contributed by atoms with Gasteiger partial charge in [-0.3, -0.25) is 14.5 Å². The Morgan fingerprint density at radius 1 is 1.25 bits per heavy atom. The van der Waals surface area contributed by atoms with E-state index < -0.39 is 17.5 Å². The number of aryl methyl sites for hydroxylation is 2. The Bertz CT molecular complexity index is 1070. The first-order chi connectivity index (χ1) is 13.4. The minimum Gasteiger partial charge on any atom is -0.349 e. The molecule has 1 N–H and O–H groups in total. The van der Waals surface area contributed by atoms with E-state index in [1.807, 2.05) is 29.9 Å². The van der Waals surface area contributed by atoms with Gasteiger partial charge in [-0.25, -0.2) is 13.5 Å². The standard InChI is InChI=1S/C19H17F2N5O2/c1-24-7-2-3-16(24)15-10-18-25(19(28)6-8-26(18)23-15)11-17(27)22-14-5-4-12(20)9-13(14)21/h2-5,7,9-10H,6,8,11H2,1H3,(H,22,27). The van der Waals surface area contributed by atoms with Crippen molar-refractivity contribution in [2.75, 3.05) is 16.8 Å². The molecule has 0 fully saturated rings. The summed E-state index contributed by atoms with van der Waals surface area (Å²) in [5, 5.41) is 6.89. The van der Waals surface area contributed by atoms with Gasteiger partial charge in [-0.15, -0.1) is 0 Å². The van der Waals surface area contributed by atoms with Gasteiger partial charge in [-0.05, 0) is 24.3 Å². The van der Waals surface area contributed by atoms with E-state index in [1.54, 1.807) is 10.7 Å². The van der Waals surface area contributed by atoms with Gasteiger partial charge < -0.3 is 9.88 Å². The minimum atomic E-state index is -0.880. The van der Waals surface area contributed by atoms with Crippen molar-refractivity contribution in [3.8, 4) is 11.4 Å². The molecule has 0 atom stereocenters. The second-order valence-corrected chi connectivity index (χ2v) is 6.52. The molecule has 144 valence electrons. The van der Waals surface area contributed by atoms with Crippen molar-refractivity contribution in [1.82, 2.24) is 14.3 Å². The van der Waals surface area contributed by atoms with Crippen LogP contribution in [0.2, 0.25) is 0 Å². The fourth-order valence-corrected chi connectivity index (χ4v) is 3.20. The zero-order chi connectivity index (χ0) is 19.8. The Kier molecular flexibility index (Phi) is 4.42. The van der Waals surface area contributed by atoms with E-state index in [9.17, 15) is 18.4 Å². The summed E-state index contributed by atoms with van der Waals surface area (Å²) in [6, 6.07) is 8.41.